The van der Waals surface area contributed by atoms with Crippen molar-refractivity contribution in [2.75, 3.05) is 20.3 Å². The lowest BCUT2D eigenvalue weighted by Gasteiger charge is -2.23. The molecule has 0 saturated heterocycles. The number of esters is 1. The lowest BCUT2D eigenvalue weighted by atomic mass is 10.0. The molecule has 0 radical (unpaired) electrons. The first-order valence-electron chi connectivity index (χ1n) is 9.61. The van der Waals surface area contributed by atoms with Gasteiger partial charge in [-0.2, -0.15) is 0 Å². The second kappa shape index (κ2) is 9.71. The Kier molecular flexibility index (Phi) is 7.05. The van der Waals surface area contributed by atoms with Crippen LogP contribution < -0.4 is 19.5 Å². The maximum atomic E-state index is 13.0. The largest absolute Gasteiger partial charge is 0.493 e. The number of carbonyl (C=O) groups is 2. The molecule has 0 saturated carbocycles. The fourth-order valence-corrected chi connectivity index (χ4v) is 3.39. The van der Waals surface area contributed by atoms with Crippen LogP contribution in [0.5, 0.6) is 17.2 Å². The number of methoxy groups -OCH3 is 1. The maximum absolute atomic E-state index is 13.0. The molecule has 3 rings (SSSR count). The minimum absolute atomic E-state index is 0.0602. The van der Waals surface area contributed by atoms with Gasteiger partial charge in [0, 0.05) is 10.6 Å². The van der Waals surface area contributed by atoms with Gasteiger partial charge in [0.25, 0.3) is 5.91 Å². The summed E-state index contributed by atoms with van der Waals surface area (Å²) in [5.41, 5.74) is 0.933. The Bertz CT molecular complexity index is 913. The van der Waals surface area contributed by atoms with Gasteiger partial charge in [-0.25, -0.2) is 0 Å². The van der Waals surface area contributed by atoms with Crippen LogP contribution in [0.15, 0.2) is 36.4 Å². The molecular formula is C22H24ClNO6. The molecule has 30 heavy (non-hydrogen) atoms. The molecule has 1 atom stereocenters. The summed E-state index contributed by atoms with van der Waals surface area (Å²) in [6, 6.07) is 9.53. The predicted octanol–water partition coefficient (Wildman–Crippen LogP) is 3.93. The molecule has 8 heteroatoms. The maximum Gasteiger partial charge on any atom is 0.308 e. The Morgan fingerprint density at radius 1 is 1.17 bits per heavy atom. The quantitative estimate of drug-likeness (QED) is 0.666. The third kappa shape index (κ3) is 5.16. The molecule has 0 fully saturated rings. The van der Waals surface area contributed by atoms with Crippen LogP contribution in [0.1, 0.15) is 42.2 Å². The number of rotatable bonds is 7. The van der Waals surface area contributed by atoms with E-state index in [1.165, 1.54) is 7.11 Å². The number of hydrogen-bond acceptors (Lipinski definition) is 6. The molecule has 2 aromatic rings. The average molecular weight is 434 g/mol. The number of hydrogen-bond donors (Lipinski definition) is 1. The summed E-state index contributed by atoms with van der Waals surface area (Å²) in [7, 11) is 1.49. The highest BCUT2D eigenvalue weighted by Crippen LogP contribution is 2.40. The fourth-order valence-electron chi connectivity index (χ4n) is 3.12. The summed E-state index contributed by atoms with van der Waals surface area (Å²) in [5.74, 6) is 0.441. The van der Waals surface area contributed by atoms with Crippen LogP contribution in [-0.2, 0) is 9.53 Å². The minimum atomic E-state index is -0.670. The highest BCUT2D eigenvalue weighted by molar-refractivity contribution is 6.31. The van der Waals surface area contributed by atoms with Gasteiger partial charge in [-0.3, -0.25) is 9.59 Å². The first-order chi connectivity index (χ1) is 14.4. The third-order valence-electron chi connectivity index (χ3n) is 4.41. The first kappa shape index (κ1) is 21.8. The van der Waals surface area contributed by atoms with Crippen LogP contribution in [0.2, 0.25) is 5.02 Å². The van der Waals surface area contributed by atoms with Crippen molar-refractivity contribution in [3.8, 4) is 17.2 Å². The fraction of sp³-hybridized carbons (Fsp3) is 0.364. The van der Waals surface area contributed by atoms with E-state index in [9.17, 15) is 9.59 Å². The van der Waals surface area contributed by atoms with Crippen LogP contribution >= 0.6 is 11.6 Å². The van der Waals surface area contributed by atoms with E-state index >= 15 is 0 Å². The van der Waals surface area contributed by atoms with Crippen molar-refractivity contribution in [1.29, 1.82) is 0 Å². The summed E-state index contributed by atoms with van der Waals surface area (Å²) in [6.07, 6.45) is -0.322. The molecule has 160 valence electrons. The second-order valence-electron chi connectivity index (χ2n) is 6.99. The van der Waals surface area contributed by atoms with Crippen LogP contribution in [0, 0.1) is 0 Å². The molecule has 1 heterocycles. The molecule has 7 nitrogen and oxygen atoms in total. The number of halogens is 1. The molecule has 1 aliphatic rings. The zero-order chi connectivity index (χ0) is 21.7. The molecule has 0 aliphatic carbocycles. The summed E-state index contributed by atoms with van der Waals surface area (Å²) < 4.78 is 21.8. The van der Waals surface area contributed by atoms with E-state index < -0.39 is 17.9 Å². The normalized spacial score (nSPS) is 13.5. The molecule has 1 unspecified atom stereocenters. The highest BCUT2D eigenvalue weighted by Gasteiger charge is 2.25. The van der Waals surface area contributed by atoms with Gasteiger partial charge in [0.2, 0.25) is 5.75 Å². The van der Waals surface area contributed by atoms with Crippen molar-refractivity contribution in [3.63, 3.8) is 0 Å². The lowest BCUT2D eigenvalue weighted by molar-refractivity contribution is -0.147. The van der Waals surface area contributed by atoms with Crippen LogP contribution in [0.4, 0.5) is 0 Å². The van der Waals surface area contributed by atoms with Gasteiger partial charge >= 0.3 is 5.97 Å². The van der Waals surface area contributed by atoms with E-state index in [-0.39, 0.29) is 12.5 Å². The summed E-state index contributed by atoms with van der Waals surface area (Å²) in [5, 5.41) is 3.32. The van der Waals surface area contributed by atoms with Gasteiger partial charge in [0.05, 0.1) is 25.7 Å². The van der Waals surface area contributed by atoms with E-state index in [1.807, 2.05) is 0 Å². The molecule has 1 aliphatic heterocycles. The van der Waals surface area contributed by atoms with E-state index in [0.29, 0.717) is 46.6 Å². The number of amides is 1. The third-order valence-corrected chi connectivity index (χ3v) is 4.76. The topological polar surface area (TPSA) is 83.1 Å². The van der Waals surface area contributed by atoms with E-state index in [1.54, 1.807) is 50.2 Å². The highest BCUT2D eigenvalue weighted by atomic mass is 35.5. The summed E-state index contributed by atoms with van der Waals surface area (Å²) in [4.78, 5) is 25.3. The van der Waals surface area contributed by atoms with Crippen LogP contribution in [0.3, 0.4) is 0 Å². The van der Waals surface area contributed by atoms with Crippen molar-refractivity contribution >= 4 is 23.5 Å². The van der Waals surface area contributed by atoms with E-state index in [0.717, 1.165) is 0 Å². The predicted molar refractivity (Wildman–Crippen MR) is 111 cm³/mol. The smallest absolute Gasteiger partial charge is 0.308 e. The van der Waals surface area contributed by atoms with Crippen molar-refractivity contribution in [3.05, 3.63) is 52.5 Å². The number of benzene rings is 2. The Labute approximate surface area is 180 Å². The number of nitrogens with one attached hydrogen (secondary N) is 1. The van der Waals surface area contributed by atoms with Gasteiger partial charge in [-0.15, -0.1) is 0 Å². The molecule has 1 N–H and O–H groups in total. The molecule has 0 spiro atoms. The zero-order valence-corrected chi connectivity index (χ0v) is 17.8. The van der Waals surface area contributed by atoms with Gasteiger partial charge in [-0.1, -0.05) is 29.8 Å². The lowest BCUT2D eigenvalue weighted by Crippen LogP contribution is -2.31. The van der Waals surface area contributed by atoms with E-state index in [4.69, 9.17) is 30.5 Å². The monoisotopic (exact) mass is 433 g/mol. The molecule has 2 aromatic carbocycles. The van der Waals surface area contributed by atoms with Gasteiger partial charge in [0.15, 0.2) is 11.5 Å². The average Bonchev–Trinajstić information content (AvgIpc) is 2.72. The summed E-state index contributed by atoms with van der Waals surface area (Å²) >= 11 is 6.32. The van der Waals surface area contributed by atoms with Gasteiger partial charge in [-0.05, 0) is 37.6 Å². The number of carbonyl (C=O) groups excluding carboxylic acids is 2. The van der Waals surface area contributed by atoms with Gasteiger partial charge < -0.3 is 24.3 Å². The van der Waals surface area contributed by atoms with Crippen LogP contribution in [-0.4, -0.2) is 38.3 Å². The number of fused-ring (bicyclic) bond motifs is 1. The zero-order valence-electron chi connectivity index (χ0n) is 17.1. The Morgan fingerprint density at radius 2 is 1.90 bits per heavy atom. The molecular weight excluding hydrogens is 410 g/mol. The SMILES string of the molecule is COc1cc(C(=O)NC(CC(=O)OC(C)C)c2ccccc2Cl)cc2c1OCCO2. The van der Waals surface area contributed by atoms with Crippen LogP contribution in [0.25, 0.3) is 0 Å². The molecule has 1 amide bonds. The molecule has 0 aromatic heterocycles. The van der Waals surface area contributed by atoms with Crippen molar-refractivity contribution in [1.82, 2.24) is 5.32 Å². The minimum Gasteiger partial charge on any atom is -0.493 e. The second-order valence-corrected chi connectivity index (χ2v) is 7.40. The first-order valence-corrected chi connectivity index (χ1v) is 9.99. The Balaban J connectivity index is 1.87. The Morgan fingerprint density at radius 3 is 2.60 bits per heavy atom. The van der Waals surface area contributed by atoms with Crippen molar-refractivity contribution in [2.24, 2.45) is 0 Å². The Hall–Kier alpha value is -2.93. The summed E-state index contributed by atoms with van der Waals surface area (Å²) in [6.45, 7) is 4.32. The van der Waals surface area contributed by atoms with Crippen molar-refractivity contribution in [2.45, 2.75) is 32.4 Å². The van der Waals surface area contributed by atoms with E-state index in [2.05, 4.69) is 5.32 Å². The van der Waals surface area contributed by atoms with Gasteiger partial charge in [0.1, 0.15) is 13.2 Å². The van der Waals surface area contributed by atoms with Crippen molar-refractivity contribution < 1.29 is 28.5 Å². The number of ether oxygens (including phenoxy) is 4. The standard InChI is InChI=1S/C22H24ClNO6/c1-13(2)30-20(25)12-17(15-6-4-5-7-16(15)23)24-22(26)14-10-18(27-3)21-19(11-14)28-8-9-29-21/h4-7,10-11,13,17H,8-9,12H2,1-3H3,(H,24,26). The molecule has 0 bridgehead atoms.